The van der Waals surface area contributed by atoms with Gasteiger partial charge in [0.05, 0.1) is 10.4 Å². The second-order valence-electron chi connectivity index (χ2n) is 5.35. The molecule has 0 spiro atoms. The van der Waals surface area contributed by atoms with Crippen LogP contribution in [0.3, 0.4) is 0 Å². The summed E-state index contributed by atoms with van der Waals surface area (Å²) in [6.07, 6.45) is 0.998. The molecule has 3 rings (SSSR count). The Hall–Kier alpha value is -1.01. The summed E-state index contributed by atoms with van der Waals surface area (Å²) >= 11 is 7.51. The van der Waals surface area contributed by atoms with E-state index in [2.05, 4.69) is 10.2 Å². The monoisotopic (exact) mass is 342 g/mol. The summed E-state index contributed by atoms with van der Waals surface area (Å²) in [7, 11) is 0. The van der Waals surface area contributed by atoms with E-state index in [-0.39, 0.29) is 6.04 Å². The van der Waals surface area contributed by atoms with Crippen molar-refractivity contribution in [1.82, 2.24) is 10.2 Å². The van der Waals surface area contributed by atoms with Crippen LogP contribution in [-0.2, 0) is 0 Å². The molecular formula is C16H17ClF2N2S. The molecule has 2 aromatic rings. The van der Waals surface area contributed by atoms with Crippen molar-refractivity contribution in [2.45, 2.75) is 12.5 Å². The highest BCUT2D eigenvalue weighted by Crippen LogP contribution is 2.36. The zero-order valence-corrected chi connectivity index (χ0v) is 13.6. The van der Waals surface area contributed by atoms with Gasteiger partial charge in [0.2, 0.25) is 0 Å². The highest BCUT2D eigenvalue weighted by molar-refractivity contribution is 7.16. The summed E-state index contributed by atoms with van der Waals surface area (Å²) in [4.78, 5) is 3.22. The normalized spacial score (nSPS) is 18.1. The van der Waals surface area contributed by atoms with Gasteiger partial charge in [-0.1, -0.05) is 17.7 Å². The molecular weight excluding hydrogens is 326 g/mol. The summed E-state index contributed by atoms with van der Waals surface area (Å²) in [5.41, 5.74) is 0.502. The van der Waals surface area contributed by atoms with Gasteiger partial charge in [0, 0.05) is 36.1 Å². The highest BCUT2D eigenvalue weighted by Gasteiger charge is 2.27. The smallest absolute Gasteiger partial charge is 0.131 e. The van der Waals surface area contributed by atoms with E-state index in [1.807, 2.05) is 12.1 Å². The molecule has 1 aromatic carbocycles. The third-order valence-electron chi connectivity index (χ3n) is 3.86. The van der Waals surface area contributed by atoms with Crippen LogP contribution in [-0.4, -0.2) is 31.1 Å². The molecule has 6 heteroatoms. The van der Waals surface area contributed by atoms with E-state index < -0.39 is 11.6 Å². The largest absolute Gasteiger partial charge is 0.315 e. The molecule has 0 saturated carbocycles. The van der Waals surface area contributed by atoms with Gasteiger partial charge in [-0.15, -0.1) is 11.3 Å². The minimum absolute atomic E-state index is 0.224. The second-order valence-corrected chi connectivity index (χ2v) is 7.10. The van der Waals surface area contributed by atoms with Crippen molar-refractivity contribution < 1.29 is 8.78 Å². The van der Waals surface area contributed by atoms with Crippen molar-refractivity contribution in [3.05, 3.63) is 56.7 Å². The van der Waals surface area contributed by atoms with Crippen LogP contribution in [0, 0.1) is 11.6 Å². The fraction of sp³-hybridized carbons (Fsp3) is 0.375. The van der Waals surface area contributed by atoms with Crippen LogP contribution < -0.4 is 5.32 Å². The SMILES string of the molecule is Fc1ccc(C(c2ccc(Cl)s2)N2CCCNCC2)c(F)c1. The molecule has 1 fully saturated rings. The van der Waals surface area contributed by atoms with Gasteiger partial charge in [-0.3, -0.25) is 4.90 Å². The van der Waals surface area contributed by atoms with E-state index in [4.69, 9.17) is 11.6 Å². The van der Waals surface area contributed by atoms with Crippen LogP contribution in [0.2, 0.25) is 4.34 Å². The molecule has 1 saturated heterocycles. The molecule has 1 aromatic heterocycles. The van der Waals surface area contributed by atoms with Gasteiger partial charge in [0.1, 0.15) is 11.6 Å². The molecule has 22 heavy (non-hydrogen) atoms. The highest BCUT2D eigenvalue weighted by atomic mass is 35.5. The maximum atomic E-state index is 14.3. The van der Waals surface area contributed by atoms with E-state index in [1.165, 1.54) is 17.4 Å². The van der Waals surface area contributed by atoms with Crippen molar-refractivity contribution >= 4 is 22.9 Å². The van der Waals surface area contributed by atoms with Crippen LogP contribution in [0.25, 0.3) is 0 Å². The number of hydrogen-bond acceptors (Lipinski definition) is 3. The summed E-state index contributed by atoms with van der Waals surface area (Å²) in [6.45, 7) is 3.50. The Bertz CT molecular complexity index is 639. The fourth-order valence-electron chi connectivity index (χ4n) is 2.85. The number of hydrogen-bond donors (Lipinski definition) is 1. The third kappa shape index (κ3) is 3.49. The zero-order valence-electron chi connectivity index (χ0n) is 12.0. The van der Waals surface area contributed by atoms with Crippen LogP contribution in [0.15, 0.2) is 30.3 Å². The summed E-state index contributed by atoms with van der Waals surface area (Å²) in [5, 5.41) is 3.35. The van der Waals surface area contributed by atoms with Gasteiger partial charge in [-0.05, 0) is 31.2 Å². The van der Waals surface area contributed by atoms with Crippen molar-refractivity contribution in [2.24, 2.45) is 0 Å². The van der Waals surface area contributed by atoms with Gasteiger partial charge < -0.3 is 5.32 Å². The lowest BCUT2D eigenvalue weighted by molar-refractivity contribution is 0.239. The summed E-state index contributed by atoms with van der Waals surface area (Å²) in [5.74, 6) is -1.06. The number of nitrogens with one attached hydrogen (secondary N) is 1. The minimum atomic E-state index is -0.554. The van der Waals surface area contributed by atoms with Gasteiger partial charge in [-0.2, -0.15) is 0 Å². The van der Waals surface area contributed by atoms with E-state index in [0.29, 0.717) is 9.90 Å². The predicted molar refractivity (Wildman–Crippen MR) is 86.6 cm³/mol. The lowest BCUT2D eigenvalue weighted by atomic mass is 10.0. The van der Waals surface area contributed by atoms with Crippen molar-refractivity contribution in [3.8, 4) is 0 Å². The van der Waals surface area contributed by atoms with Gasteiger partial charge in [-0.25, -0.2) is 8.78 Å². The Morgan fingerprint density at radius 2 is 2.00 bits per heavy atom. The Morgan fingerprint density at radius 3 is 2.73 bits per heavy atom. The van der Waals surface area contributed by atoms with Crippen LogP contribution in [0.4, 0.5) is 8.78 Å². The molecule has 0 bridgehead atoms. The van der Waals surface area contributed by atoms with Crippen LogP contribution >= 0.6 is 22.9 Å². The lowest BCUT2D eigenvalue weighted by Gasteiger charge is -2.30. The van der Waals surface area contributed by atoms with Crippen LogP contribution in [0.1, 0.15) is 22.9 Å². The molecule has 0 amide bonds. The Balaban J connectivity index is 2.01. The van der Waals surface area contributed by atoms with Crippen LogP contribution in [0.5, 0.6) is 0 Å². The van der Waals surface area contributed by atoms with Crippen molar-refractivity contribution in [2.75, 3.05) is 26.2 Å². The molecule has 0 aliphatic carbocycles. The molecule has 1 aliphatic rings. The maximum absolute atomic E-state index is 14.3. The first-order valence-corrected chi connectivity index (χ1v) is 8.49. The quantitative estimate of drug-likeness (QED) is 0.904. The zero-order chi connectivity index (χ0) is 15.5. The maximum Gasteiger partial charge on any atom is 0.131 e. The number of rotatable bonds is 3. The molecule has 0 radical (unpaired) electrons. The van der Waals surface area contributed by atoms with E-state index in [1.54, 1.807) is 6.07 Å². The fourth-order valence-corrected chi connectivity index (χ4v) is 4.07. The Morgan fingerprint density at radius 1 is 1.14 bits per heavy atom. The molecule has 118 valence electrons. The minimum Gasteiger partial charge on any atom is -0.315 e. The average Bonchev–Trinajstić information content (AvgIpc) is 2.74. The number of thiophene rings is 1. The van der Waals surface area contributed by atoms with Gasteiger partial charge in [0.15, 0.2) is 0 Å². The molecule has 1 aliphatic heterocycles. The Labute approximate surface area is 137 Å². The number of benzene rings is 1. The van der Waals surface area contributed by atoms with Crippen molar-refractivity contribution in [1.29, 1.82) is 0 Å². The standard InChI is InChI=1S/C16H17ClF2N2S/c17-15-5-4-14(22-15)16(21-8-1-6-20-7-9-21)12-3-2-11(18)10-13(12)19/h2-5,10,16,20H,1,6-9H2. The Kier molecular flexibility index (Phi) is 5.08. The number of nitrogens with zero attached hydrogens (tertiary/aromatic N) is 1. The first-order chi connectivity index (χ1) is 10.6. The van der Waals surface area contributed by atoms with Crippen molar-refractivity contribution in [3.63, 3.8) is 0 Å². The van der Waals surface area contributed by atoms with E-state index in [9.17, 15) is 8.78 Å². The molecule has 1 N–H and O–H groups in total. The third-order valence-corrected chi connectivity index (χ3v) is 5.14. The summed E-state index contributed by atoms with van der Waals surface area (Å²) < 4.78 is 28.3. The molecule has 2 nitrogen and oxygen atoms in total. The number of halogens is 3. The topological polar surface area (TPSA) is 15.3 Å². The van der Waals surface area contributed by atoms with E-state index >= 15 is 0 Å². The van der Waals surface area contributed by atoms with Gasteiger partial charge in [0.25, 0.3) is 0 Å². The predicted octanol–water partition coefficient (Wildman–Crippen LogP) is 4.06. The molecule has 1 atom stereocenters. The first kappa shape index (κ1) is 15.9. The van der Waals surface area contributed by atoms with E-state index in [0.717, 1.165) is 43.5 Å². The second kappa shape index (κ2) is 7.04. The average molecular weight is 343 g/mol. The first-order valence-electron chi connectivity index (χ1n) is 7.30. The lowest BCUT2D eigenvalue weighted by Crippen LogP contribution is -2.33. The molecule has 1 unspecified atom stereocenters. The van der Waals surface area contributed by atoms with Gasteiger partial charge >= 0.3 is 0 Å². The summed E-state index contributed by atoms with van der Waals surface area (Å²) in [6, 6.07) is 7.34. The molecule has 2 heterocycles.